The van der Waals surface area contributed by atoms with Crippen LogP contribution in [0.1, 0.15) is 36.7 Å². The fraction of sp³-hybridized carbons (Fsp3) is 0.529. The Kier molecular flexibility index (Phi) is 5.06. The van der Waals surface area contributed by atoms with Crippen molar-refractivity contribution in [2.45, 2.75) is 38.4 Å². The molecule has 0 unspecified atom stereocenters. The molecule has 23 heavy (non-hydrogen) atoms. The summed E-state index contributed by atoms with van der Waals surface area (Å²) in [6.07, 6.45) is -1.83. The van der Waals surface area contributed by atoms with E-state index in [-0.39, 0.29) is 36.9 Å². The van der Waals surface area contributed by atoms with Crippen LogP contribution < -0.4 is 5.32 Å². The van der Waals surface area contributed by atoms with Crippen molar-refractivity contribution in [1.82, 2.24) is 10.2 Å². The van der Waals surface area contributed by atoms with E-state index in [4.69, 9.17) is 0 Å². The largest absolute Gasteiger partial charge is 0.388 e. The number of nitrogens with zero attached hydrogens (tertiary/aromatic N) is 1. The van der Waals surface area contributed by atoms with Crippen molar-refractivity contribution < 1.29 is 19.8 Å². The molecule has 0 bridgehead atoms. The number of hydrogen-bond donors (Lipinski definition) is 3. The van der Waals surface area contributed by atoms with Crippen LogP contribution in [0.4, 0.5) is 0 Å². The summed E-state index contributed by atoms with van der Waals surface area (Å²) in [6.45, 7) is 6.32. The molecule has 6 nitrogen and oxygen atoms in total. The normalized spacial score (nSPS) is 21.3. The second kappa shape index (κ2) is 6.68. The van der Waals surface area contributed by atoms with E-state index in [0.717, 1.165) is 5.56 Å². The lowest BCUT2D eigenvalue weighted by atomic mass is 9.87. The molecular weight excluding hydrogens is 296 g/mol. The van der Waals surface area contributed by atoms with Gasteiger partial charge >= 0.3 is 0 Å². The Labute approximate surface area is 136 Å². The Morgan fingerprint density at radius 3 is 2.13 bits per heavy atom. The molecule has 1 heterocycles. The van der Waals surface area contributed by atoms with Gasteiger partial charge in [-0.05, 0) is 23.1 Å². The molecule has 2 amide bonds. The smallest absolute Gasteiger partial charge is 0.251 e. The molecule has 0 spiro atoms. The molecule has 6 heteroatoms. The Bertz CT molecular complexity index is 567. The number of aliphatic hydroxyl groups is 2. The van der Waals surface area contributed by atoms with E-state index in [9.17, 15) is 19.8 Å². The Morgan fingerprint density at radius 2 is 1.65 bits per heavy atom. The number of benzene rings is 1. The summed E-state index contributed by atoms with van der Waals surface area (Å²) in [5.41, 5.74) is 1.64. The second-order valence-corrected chi connectivity index (χ2v) is 6.94. The summed E-state index contributed by atoms with van der Waals surface area (Å²) in [5, 5.41) is 21.4. The maximum Gasteiger partial charge on any atom is 0.251 e. The van der Waals surface area contributed by atoms with E-state index in [1.165, 1.54) is 4.90 Å². The highest BCUT2D eigenvalue weighted by Gasteiger charge is 2.32. The summed E-state index contributed by atoms with van der Waals surface area (Å²) in [4.78, 5) is 25.4. The zero-order valence-electron chi connectivity index (χ0n) is 13.7. The van der Waals surface area contributed by atoms with Crippen LogP contribution >= 0.6 is 0 Å². The van der Waals surface area contributed by atoms with Crippen molar-refractivity contribution in [3.63, 3.8) is 0 Å². The first-order valence-electron chi connectivity index (χ1n) is 7.71. The van der Waals surface area contributed by atoms with E-state index < -0.39 is 12.2 Å². The first kappa shape index (κ1) is 17.4. The molecule has 1 saturated heterocycles. The summed E-state index contributed by atoms with van der Waals surface area (Å²) in [5.74, 6) is -0.639. The van der Waals surface area contributed by atoms with Crippen LogP contribution in [0.25, 0.3) is 0 Å². The predicted octanol–water partition coefficient (Wildman–Crippen LogP) is 0.278. The van der Waals surface area contributed by atoms with Gasteiger partial charge in [0.2, 0.25) is 5.91 Å². The van der Waals surface area contributed by atoms with Crippen molar-refractivity contribution in [3.05, 3.63) is 35.4 Å². The highest BCUT2D eigenvalue weighted by atomic mass is 16.3. The van der Waals surface area contributed by atoms with Crippen LogP contribution in [-0.4, -0.2) is 58.8 Å². The minimum absolute atomic E-state index is 0.0163. The van der Waals surface area contributed by atoms with Gasteiger partial charge < -0.3 is 20.4 Å². The van der Waals surface area contributed by atoms with Crippen LogP contribution in [0, 0.1) is 0 Å². The lowest BCUT2D eigenvalue weighted by molar-refractivity contribution is -0.129. The number of hydrogen-bond acceptors (Lipinski definition) is 4. The van der Waals surface area contributed by atoms with Crippen molar-refractivity contribution >= 4 is 11.8 Å². The maximum atomic E-state index is 12.1. The standard InChI is InChI=1S/C17H24N2O4/c1-17(2,3)12-6-4-11(5-7-12)16(23)18-8-15(22)19-9-13(20)14(21)10-19/h4-7,13-14,20-21H,8-10H2,1-3H3,(H,18,23)/t13-,14-/m0/s1. The summed E-state index contributed by atoms with van der Waals surface area (Å²) in [6, 6.07) is 7.29. The van der Waals surface area contributed by atoms with E-state index in [0.29, 0.717) is 5.56 Å². The van der Waals surface area contributed by atoms with Gasteiger partial charge in [-0.15, -0.1) is 0 Å². The molecule has 2 atom stereocenters. The van der Waals surface area contributed by atoms with Crippen molar-refractivity contribution in [3.8, 4) is 0 Å². The van der Waals surface area contributed by atoms with Crippen LogP contribution in [0.5, 0.6) is 0 Å². The molecular formula is C17H24N2O4. The number of β-amino-alcohol motifs (C(OH)–C–C–N with tert-alkyl or cyclic N) is 2. The molecule has 0 saturated carbocycles. The molecule has 1 aromatic rings. The summed E-state index contributed by atoms with van der Waals surface area (Å²) < 4.78 is 0. The predicted molar refractivity (Wildman–Crippen MR) is 86.1 cm³/mol. The topological polar surface area (TPSA) is 89.9 Å². The van der Waals surface area contributed by atoms with Crippen LogP contribution in [-0.2, 0) is 10.2 Å². The third-order valence-corrected chi connectivity index (χ3v) is 4.03. The lowest BCUT2D eigenvalue weighted by Gasteiger charge is -2.19. The van der Waals surface area contributed by atoms with Gasteiger partial charge in [-0.25, -0.2) is 0 Å². The van der Waals surface area contributed by atoms with Gasteiger partial charge in [0, 0.05) is 18.7 Å². The average molecular weight is 320 g/mol. The number of carbonyl (C=O) groups is 2. The highest BCUT2D eigenvalue weighted by molar-refractivity contribution is 5.96. The third kappa shape index (κ3) is 4.30. The third-order valence-electron chi connectivity index (χ3n) is 4.03. The van der Waals surface area contributed by atoms with Crippen LogP contribution in [0.3, 0.4) is 0 Å². The molecule has 1 aromatic carbocycles. The van der Waals surface area contributed by atoms with Crippen molar-refractivity contribution in [2.24, 2.45) is 0 Å². The van der Waals surface area contributed by atoms with Gasteiger partial charge in [0.25, 0.3) is 5.91 Å². The molecule has 1 fully saturated rings. The first-order valence-corrected chi connectivity index (χ1v) is 7.71. The number of carbonyl (C=O) groups excluding carboxylic acids is 2. The SMILES string of the molecule is CC(C)(C)c1ccc(C(=O)NCC(=O)N2C[C@H](O)[C@@H](O)C2)cc1. The fourth-order valence-electron chi connectivity index (χ4n) is 2.46. The average Bonchev–Trinajstić information content (AvgIpc) is 2.83. The minimum Gasteiger partial charge on any atom is -0.388 e. The van der Waals surface area contributed by atoms with Crippen LogP contribution in [0.15, 0.2) is 24.3 Å². The Hall–Kier alpha value is -1.92. The number of rotatable bonds is 3. The van der Waals surface area contributed by atoms with Crippen molar-refractivity contribution in [1.29, 1.82) is 0 Å². The summed E-state index contributed by atoms with van der Waals surface area (Å²) >= 11 is 0. The quantitative estimate of drug-likeness (QED) is 0.746. The first-order chi connectivity index (χ1) is 10.7. The zero-order valence-corrected chi connectivity index (χ0v) is 13.7. The zero-order chi connectivity index (χ0) is 17.2. The minimum atomic E-state index is -0.917. The van der Waals surface area contributed by atoms with E-state index >= 15 is 0 Å². The summed E-state index contributed by atoms with van der Waals surface area (Å²) in [7, 11) is 0. The van der Waals surface area contributed by atoms with Crippen LogP contribution in [0.2, 0.25) is 0 Å². The molecule has 0 radical (unpaired) electrons. The Morgan fingerprint density at radius 1 is 1.13 bits per heavy atom. The second-order valence-electron chi connectivity index (χ2n) is 6.94. The number of amides is 2. The van der Waals surface area contributed by atoms with E-state index in [2.05, 4.69) is 26.1 Å². The van der Waals surface area contributed by atoms with E-state index in [1.807, 2.05) is 12.1 Å². The molecule has 1 aliphatic heterocycles. The molecule has 3 N–H and O–H groups in total. The number of nitrogens with one attached hydrogen (secondary N) is 1. The monoisotopic (exact) mass is 320 g/mol. The van der Waals surface area contributed by atoms with Gasteiger partial charge in [0.05, 0.1) is 18.8 Å². The van der Waals surface area contributed by atoms with Gasteiger partial charge in [-0.3, -0.25) is 9.59 Å². The fourth-order valence-corrected chi connectivity index (χ4v) is 2.46. The van der Waals surface area contributed by atoms with Crippen molar-refractivity contribution in [2.75, 3.05) is 19.6 Å². The molecule has 1 aliphatic rings. The van der Waals surface area contributed by atoms with E-state index in [1.54, 1.807) is 12.1 Å². The maximum absolute atomic E-state index is 12.1. The molecule has 0 aromatic heterocycles. The number of likely N-dealkylation sites (tertiary alicyclic amines) is 1. The van der Waals surface area contributed by atoms with Gasteiger partial charge in [-0.2, -0.15) is 0 Å². The Balaban J connectivity index is 1.89. The molecule has 0 aliphatic carbocycles. The lowest BCUT2D eigenvalue weighted by Crippen LogP contribution is -2.39. The highest BCUT2D eigenvalue weighted by Crippen LogP contribution is 2.22. The molecule has 2 rings (SSSR count). The molecule has 126 valence electrons. The number of aliphatic hydroxyl groups excluding tert-OH is 2. The van der Waals surface area contributed by atoms with Gasteiger partial charge in [-0.1, -0.05) is 32.9 Å². The van der Waals surface area contributed by atoms with Gasteiger partial charge in [0.15, 0.2) is 0 Å². The van der Waals surface area contributed by atoms with Gasteiger partial charge in [0.1, 0.15) is 0 Å².